The lowest BCUT2D eigenvalue weighted by molar-refractivity contribution is 0.00412. The number of hydrogen-bond donors (Lipinski definition) is 4. The summed E-state index contributed by atoms with van der Waals surface area (Å²) in [7, 11) is -4.14. The summed E-state index contributed by atoms with van der Waals surface area (Å²) in [5, 5.41) is 33.7. The van der Waals surface area contributed by atoms with Gasteiger partial charge in [-0.2, -0.15) is 18.2 Å². The maximum atomic E-state index is 11.1. The highest BCUT2D eigenvalue weighted by molar-refractivity contribution is 7.84. The summed E-state index contributed by atoms with van der Waals surface area (Å²) < 4.78 is 28.4. The molecule has 1 heterocycles. The standard InChI is InChI=1S/C24H31N5O5S/c1-3-21(27-20-12-18(23(30)24(20)31)14-34-35(25,32)33)29-22(26-2)13-19(28-29)17-10-6-9-16(11-17)15-7-4-5-8-15/h3,6-7,9-11,13,18,20,23-24,27,30-31H,2,4-5,8,12,14H2,1H3,(H2,25,32,33)/b21-3-/t18-,20-,23-,24+/m1/s1. The van der Waals surface area contributed by atoms with E-state index in [9.17, 15) is 18.6 Å². The van der Waals surface area contributed by atoms with Crippen molar-refractivity contribution in [3.05, 3.63) is 48.0 Å². The van der Waals surface area contributed by atoms with Gasteiger partial charge in [-0.15, -0.1) is 0 Å². The summed E-state index contributed by atoms with van der Waals surface area (Å²) in [5.41, 5.74) is 4.20. The quantitative estimate of drug-likeness (QED) is 0.384. The Balaban J connectivity index is 1.54. The lowest BCUT2D eigenvalue weighted by Gasteiger charge is -2.21. The number of nitrogens with one attached hydrogen (secondary N) is 1. The summed E-state index contributed by atoms with van der Waals surface area (Å²) in [6.45, 7) is 5.15. The zero-order chi connectivity index (χ0) is 25.2. The van der Waals surface area contributed by atoms with Gasteiger partial charge < -0.3 is 15.5 Å². The van der Waals surface area contributed by atoms with Crippen LogP contribution in [0.2, 0.25) is 0 Å². The normalized spacial score (nSPS) is 25.0. The number of aliphatic hydroxyl groups excluding tert-OH is 2. The van der Waals surface area contributed by atoms with Crippen LogP contribution < -0.4 is 10.5 Å². The molecule has 0 radical (unpaired) electrons. The molecule has 1 saturated carbocycles. The van der Waals surface area contributed by atoms with Crippen LogP contribution in [0.1, 0.15) is 38.2 Å². The summed E-state index contributed by atoms with van der Waals surface area (Å²) in [6, 6.07) is 9.49. The van der Waals surface area contributed by atoms with Crippen molar-refractivity contribution in [1.82, 2.24) is 15.1 Å². The van der Waals surface area contributed by atoms with Crippen LogP contribution in [0.4, 0.5) is 5.82 Å². The monoisotopic (exact) mass is 501 g/mol. The number of allylic oxidation sites excluding steroid dienone is 3. The zero-order valence-corrected chi connectivity index (χ0v) is 20.4. The van der Waals surface area contributed by atoms with Crippen molar-refractivity contribution >= 4 is 34.2 Å². The molecule has 35 heavy (non-hydrogen) atoms. The van der Waals surface area contributed by atoms with Gasteiger partial charge in [0.2, 0.25) is 0 Å². The SMILES string of the molecule is C=Nc1cc(-c2cccc(C3=CCCC3)c2)nn1/C(=C\C)N[C@@H]1C[C@H](COS(N)(=O)=O)[C@@H](O)[C@H]1O. The summed E-state index contributed by atoms with van der Waals surface area (Å²) >= 11 is 0. The fourth-order valence-corrected chi connectivity index (χ4v) is 5.05. The average molecular weight is 502 g/mol. The molecule has 0 amide bonds. The number of rotatable bonds is 9. The van der Waals surface area contributed by atoms with Gasteiger partial charge in [-0.3, -0.25) is 4.18 Å². The topological polar surface area (TPSA) is 152 Å². The molecular weight excluding hydrogens is 470 g/mol. The Morgan fingerprint density at radius 1 is 1.34 bits per heavy atom. The first-order valence-corrected chi connectivity index (χ1v) is 13.0. The van der Waals surface area contributed by atoms with E-state index >= 15 is 0 Å². The van der Waals surface area contributed by atoms with Crippen molar-refractivity contribution in [2.24, 2.45) is 16.0 Å². The van der Waals surface area contributed by atoms with Crippen LogP contribution in [0.3, 0.4) is 0 Å². The van der Waals surface area contributed by atoms with E-state index in [2.05, 4.69) is 39.4 Å². The smallest absolute Gasteiger partial charge is 0.333 e. The Morgan fingerprint density at radius 2 is 2.11 bits per heavy atom. The number of hydrogen-bond acceptors (Lipinski definition) is 8. The third kappa shape index (κ3) is 5.71. The molecule has 0 bridgehead atoms. The van der Waals surface area contributed by atoms with Gasteiger partial charge in [0.15, 0.2) is 5.82 Å². The predicted molar refractivity (Wildman–Crippen MR) is 135 cm³/mol. The van der Waals surface area contributed by atoms with E-state index in [1.807, 2.05) is 25.1 Å². The molecule has 5 N–H and O–H groups in total. The van der Waals surface area contributed by atoms with Gasteiger partial charge in [0, 0.05) is 17.5 Å². The summed E-state index contributed by atoms with van der Waals surface area (Å²) in [6.07, 6.45) is 5.34. The maximum Gasteiger partial charge on any atom is 0.333 e. The first-order chi connectivity index (χ1) is 16.7. The second-order valence-corrected chi connectivity index (χ2v) is 10.1. The van der Waals surface area contributed by atoms with E-state index in [1.165, 1.54) is 17.6 Å². The van der Waals surface area contributed by atoms with Crippen LogP contribution >= 0.6 is 0 Å². The maximum absolute atomic E-state index is 11.1. The van der Waals surface area contributed by atoms with Gasteiger partial charge in [-0.25, -0.2) is 10.1 Å². The first kappa shape index (κ1) is 25.3. The number of benzene rings is 1. The highest BCUT2D eigenvalue weighted by Gasteiger charge is 2.42. The Bertz CT molecular complexity index is 1250. The van der Waals surface area contributed by atoms with Gasteiger partial charge in [-0.1, -0.05) is 24.3 Å². The van der Waals surface area contributed by atoms with Crippen molar-refractivity contribution in [2.75, 3.05) is 6.61 Å². The van der Waals surface area contributed by atoms with E-state index in [0.29, 0.717) is 11.6 Å². The second kappa shape index (κ2) is 10.4. The Hall–Kier alpha value is -2.83. The van der Waals surface area contributed by atoms with Gasteiger partial charge >= 0.3 is 10.3 Å². The van der Waals surface area contributed by atoms with Crippen LogP contribution in [-0.4, -0.2) is 60.0 Å². The van der Waals surface area contributed by atoms with E-state index in [1.54, 1.807) is 10.8 Å². The number of aromatic nitrogens is 2. The number of nitrogens with zero attached hydrogens (tertiary/aromatic N) is 3. The van der Waals surface area contributed by atoms with Crippen molar-refractivity contribution in [3.8, 4) is 11.3 Å². The molecule has 11 heteroatoms. The molecule has 10 nitrogen and oxygen atoms in total. The molecule has 1 aromatic heterocycles. The van der Waals surface area contributed by atoms with Crippen LogP contribution in [-0.2, 0) is 14.5 Å². The minimum Gasteiger partial charge on any atom is -0.390 e. The molecule has 1 fully saturated rings. The Kier molecular flexibility index (Phi) is 7.53. The number of aliphatic imine (C=N–C) groups is 1. The summed E-state index contributed by atoms with van der Waals surface area (Å²) in [4.78, 5) is 4.11. The van der Waals surface area contributed by atoms with Gasteiger partial charge in [0.05, 0.1) is 24.4 Å². The number of aliphatic hydroxyl groups is 2. The third-order valence-corrected chi connectivity index (χ3v) is 6.97. The lowest BCUT2D eigenvalue weighted by atomic mass is 10.0. The molecule has 2 aromatic rings. The third-order valence-electron chi connectivity index (χ3n) is 6.51. The van der Waals surface area contributed by atoms with Gasteiger partial charge in [-0.05, 0) is 62.6 Å². The Labute approximate surface area is 205 Å². The van der Waals surface area contributed by atoms with E-state index < -0.39 is 34.5 Å². The van der Waals surface area contributed by atoms with Crippen molar-refractivity contribution in [2.45, 2.75) is 50.9 Å². The first-order valence-electron chi connectivity index (χ1n) is 11.5. The lowest BCUT2D eigenvalue weighted by Crippen LogP contribution is -2.40. The largest absolute Gasteiger partial charge is 0.390 e. The highest BCUT2D eigenvalue weighted by atomic mass is 32.2. The minimum absolute atomic E-state index is 0.261. The zero-order valence-electron chi connectivity index (χ0n) is 19.5. The van der Waals surface area contributed by atoms with Gasteiger partial charge in [0.25, 0.3) is 0 Å². The number of nitrogens with two attached hydrogens (primary N) is 1. The van der Waals surface area contributed by atoms with Crippen LogP contribution in [0.5, 0.6) is 0 Å². The van der Waals surface area contributed by atoms with E-state index in [4.69, 9.17) is 10.2 Å². The van der Waals surface area contributed by atoms with E-state index in [0.717, 1.165) is 24.1 Å². The second-order valence-electron chi connectivity index (χ2n) is 8.84. The van der Waals surface area contributed by atoms with Crippen LogP contribution in [0.15, 0.2) is 47.5 Å². The molecule has 4 rings (SSSR count). The van der Waals surface area contributed by atoms with Crippen molar-refractivity contribution in [3.63, 3.8) is 0 Å². The summed E-state index contributed by atoms with van der Waals surface area (Å²) in [5.74, 6) is 0.433. The molecule has 188 valence electrons. The molecule has 2 aliphatic carbocycles. The van der Waals surface area contributed by atoms with Crippen LogP contribution in [0.25, 0.3) is 22.7 Å². The molecule has 0 saturated heterocycles. The molecule has 4 atom stereocenters. The van der Waals surface area contributed by atoms with Crippen LogP contribution in [0, 0.1) is 5.92 Å². The molecule has 1 aromatic carbocycles. The molecule has 0 unspecified atom stereocenters. The molecule has 0 spiro atoms. The van der Waals surface area contributed by atoms with Crippen molar-refractivity contribution in [1.29, 1.82) is 0 Å². The fraction of sp³-hybridized carbons (Fsp3) is 0.417. The van der Waals surface area contributed by atoms with Crippen molar-refractivity contribution < 1.29 is 22.8 Å². The minimum atomic E-state index is -4.14. The Morgan fingerprint density at radius 3 is 2.77 bits per heavy atom. The van der Waals surface area contributed by atoms with E-state index in [-0.39, 0.29) is 13.0 Å². The fourth-order valence-electron chi connectivity index (χ4n) is 4.69. The predicted octanol–water partition coefficient (Wildman–Crippen LogP) is 2.19. The molecule has 0 aliphatic heterocycles. The molecule has 2 aliphatic rings. The molecular formula is C24H31N5O5S. The van der Waals surface area contributed by atoms with Gasteiger partial charge in [0.1, 0.15) is 11.9 Å². The average Bonchev–Trinajstić information content (AvgIpc) is 3.57. The highest BCUT2D eigenvalue weighted by Crippen LogP contribution is 2.33.